The summed E-state index contributed by atoms with van der Waals surface area (Å²) in [5.41, 5.74) is 0.996. The van der Waals surface area contributed by atoms with Gasteiger partial charge in [0.05, 0.1) is 22.8 Å². The lowest BCUT2D eigenvalue weighted by molar-refractivity contribution is -0.384. The van der Waals surface area contributed by atoms with Crippen molar-refractivity contribution in [2.45, 2.75) is 26.7 Å². The number of aliphatic hydroxyl groups is 1. The first-order valence-electron chi connectivity index (χ1n) is 8.41. The van der Waals surface area contributed by atoms with Crippen LogP contribution >= 0.6 is 0 Å². The van der Waals surface area contributed by atoms with Crippen molar-refractivity contribution < 1.29 is 14.8 Å². The molecule has 24 heavy (non-hydrogen) atoms. The third-order valence-electron chi connectivity index (χ3n) is 4.58. The molecular weight excluding hydrogens is 310 g/mol. The maximum absolute atomic E-state index is 12.8. The Kier molecular flexibility index (Phi) is 6.14. The van der Waals surface area contributed by atoms with Gasteiger partial charge in [-0.25, -0.2) is 0 Å². The lowest BCUT2D eigenvalue weighted by Gasteiger charge is -2.34. The molecule has 1 saturated heterocycles. The molecule has 7 heteroatoms. The van der Waals surface area contributed by atoms with E-state index in [1.54, 1.807) is 6.07 Å². The summed E-state index contributed by atoms with van der Waals surface area (Å²) in [7, 11) is 0. The number of nitrogens with zero attached hydrogens (tertiary/aromatic N) is 3. The molecule has 0 unspecified atom stereocenters. The van der Waals surface area contributed by atoms with E-state index in [1.165, 1.54) is 17.0 Å². The zero-order chi connectivity index (χ0) is 17.7. The van der Waals surface area contributed by atoms with Crippen molar-refractivity contribution in [3.05, 3.63) is 33.9 Å². The SMILES string of the molecule is CCN(CCO)C(=O)c1cc([N+](=O)[O-])ccc1N1CCC(C)CC1. The monoisotopic (exact) mass is 335 g/mol. The third-order valence-corrected chi connectivity index (χ3v) is 4.58. The fourth-order valence-electron chi connectivity index (χ4n) is 3.03. The topological polar surface area (TPSA) is 86.9 Å². The largest absolute Gasteiger partial charge is 0.395 e. The summed E-state index contributed by atoms with van der Waals surface area (Å²) < 4.78 is 0. The molecule has 1 aromatic carbocycles. The van der Waals surface area contributed by atoms with E-state index in [9.17, 15) is 14.9 Å². The normalized spacial score (nSPS) is 15.4. The number of amides is 1. The van der Waals surface area contributed by atoms with Gasteiger partial charge in [0.15, 0.2) is 0 Å². The van der Waals surface area contributed by atoms with E-state index in [2.05, 4.69) is 11.8 Å². The number of anilines is 1. The summed E-state index contributed by atoms with van der Waals surface area (Å²) in [6, 6.07) is 4.48. The predicted octanol–water partition coefficient (Wildman–Crippen LogP) is 2.29. The second kappa shape index (κ2) is 8.10. The molecule has 1 N–H and O–H groups in total. The fraction of sp³-hybridized carbons (Fsp3) is 0.588. The Hall–Kier alpha value is -2.15. The van der Waals surface area contributed by atoms with E-state index in [4.69, 9.17) is 5.11 Å². The Balaban J connectivity index is 2.39. The van der Waals surface area contributed by atoms with Gasteiger partial charge in [-0.3, -0.25) is 14.9 Å². The van der Waals surface area contributed by atoms with E-state index >= 15 is 0 Å². The van der Waals surface area contributed by atoms with Gasteiger partial charge in [0.1, 0.15) is 0 Å². The molecule has 132 valence electrons. The Morgan fingerprint density at radius 2 is 2.08 bits per heavy atom. The molecule has 7 nitrogen and oxygen atoms in total. The summed E-state index contributed by atoms with van der Waals surface area (Å²) >= 11 is 0. The zero-order valence-electron chi connectivity index (χ0n) is 14.3. The number of benzene rings is 1. The van der Waals surface area contributed by atoms with Crippen molar-refractivity contribution >= 4 is 17.3 Å². The molecule has 1 aliphatic heterocycles. The Bertz CT molecular complexity index is 597. The average Bonchev–Trinajstić information content (AvgIpc) is 2.59. The number of hydrogen-bond acceptors (Lipinski definition) is 5. The minimum absolute atomic E-state index is 0.0903. The van der Waals surface area contributed by atoms with Gasteiger partial charge < -0.3 is 14.9 Å². The van der Waals surface area contributed by atoms with Crippen LogP contribution in [-0.4, -0.2) is 53.6 Å². The molecule has 2 rings (SSSR count). The first-order chi connectivity index (χ1) is 11.5. The first-order valence-corrected chi connectivity index (χ1v) is 8.41. The number of carbonyl (C=O) groups is 1. The lowest BCUT2D eigenvalue weighted by atomic mass is 9.97. The van der Waals surface area contributed by atoms with Crippen LogP contribution < -0.4 is 4.90 Å². The fourth-order valence-corrected chi connectivity index (χ4v) is 3.03. The number of likely N-dealkylation sites (N-methyl/N-ethyl adjacent to an activating group) is 1. The van der Waals surface area contributed by atoms with Gasteiger partial charge >= 0.3 is 0 Å². The number of non-ortho nitro benzene ring substituents is 1. The molecule has 0 aliphatic carbocycles. The van der Waals surface area contributed by atoms with Gasteiger partial charge in [0, 0.05) is 38.3 Å². The first kappa shape index (κ1) is 18.2. The Morgan fingerprint density at radius 3 is 2.62 bits per heavy atom. The van der Waals surface area contributed by atoms with E-state index in [0.717, 1.165) is 31.6 Å². The van der Waals surface area contributed by atoms with Crippen molar-refractivity contribution in [3.8, 4) is 0 Å². The molecular formula is C17H25N3O4. The van der Waals surface area contributed by atoms with Gasteiger partial charge in [-0.05, 0) is 31.7 Å². The number of carbonyl (C=O) groups excluding carboxylic acids is 1. The number of nitro groups is 1. The third kappa shape index (κ3) is 4.03. The summed E-state index contributed by atoms with van der Waals surface area (Å²) in [5.74, 6) is 0.379. The Labute approximate surface area is 142 Å². The average molecular weight is 335 g/mol. The second-order valence-corrected chi connectivity index (χ2v) is 6.24. The lowest BCUT2D eigenvalue weighted by Crippen LogP contribution is -2.37. The van der Waals surface area contributed by atoms with Crippen LogP contribution in [0, 0.1) is 16.0 Å². The number of hydrogen-bond donors (Lipinski definition) is 1. The highest BCUT2D eigenvalue weighted by Gasteiger charge is 2.25. The van der Waals surface area contributed by atoms with Crippen molar-refractivity contribution in [2.75, 3.05) is 37.7 Å². The van der Waals surface area contributed by atoms with Crippen LogP contribution in [0.15, 0.2) is 18.2 Å². The molecule has 1 aromatic rings. The van der Waals surface area contributed by atoms with Crippen LogP contribution in [0.1, 0.15) is 37.0 Å². The van der Waals surface area contributed by atoms with E-state index < -0.39 is 4.92 Å². The Morgan fingerprint density at radius 1 is 1.42 bits per heavy atom. The van der Waals surface area contributed by atoms with Gasteiger partial charge in [-0.1, -0.05) is 6.92 Å². The van der Waals surface area contributed by atoms with E-state index in [0.29, 0.717) is 18.0 Å². The molecule has 1 fully saturated rings. The van der Waals surface area contributed by atoms with Crippen molar-refractivity contribution in [2.24, 2.45) is 5.92 Å². The molecule has 1 aliphatic rings. The van der Waals surface area contributed by atoms with Gasteiger partial charge in [-0.15, -0.1) is 0 Å². The van der Waals surface area contributed by atoms with Crippen LogP contribution in [0.5, 0.6) is 0 Å². The second-order valence-electron chi connectivity index (χ2n) is 6.24. The van der Waals surface area contributed by atoms with E-state index in [1.807, 2.05) is 6.92 Å². The summed E-state index contributed by atoms with van der Waals surface area (Å²) in [6.45, 7) is 6.24. The summed E-state index contributed by atoms with van der Waals surface area (Å²) in [4.78, 5) is 27.1. The van der Waals surface area contributed by atoms with Crippen LogP contribution in [0.25, 0.3) is 0 Å². The van der Waals surface area contributed by atoms with Gasteiger partial charge in [-0.2, -0.15) is 0 Å². The minimum Gasteiger partial charge on any atom is -0.395 e. The molecule has 0 aromatic heterocycles. The van der Waals surface area contributed by atoms with Gasteiger partial charge in [0.25, 0.3) is 11.6 Å². The zero-order valence-corrected chi connectivity index (χ0v) is 14.3. The highest BCUT2D eigenvalue weighted by molar-refractivity contribution is 6.00. The smallest absolute Gasteiger partial charge is 0.270 e. The molecule has 0 radical (unpaired) electrons. The number of piperidine rings is 1. The van der Waals surface area contributed by atoms with Crippen LogP contribution in [0.4, 0.5) is 11.4 Å². The van der Waals surface area contributed by atoms with Crippen molar-refractivity contribution in [1.29, 1.82) is 0 Å². The summed E-state index contributed by atoms with van der Waals surface area (Å²) in [5, 5.41) is 20.2. The van der Waals surface area contributed by atoms with E-state index in [-0.39, 0.29) is 24.7 Å². The van der Waals surface area contributed by atoms with Crippen LogP contribution in [-0.2, 0) is 0 Å². The summed E-state index contributed by atoms with van der Waals surface area (Å²) in [6.07, 6.45) is 2.08. The molecule has 0 bridgehead atoms. The minimum atomic E-state index is -0.485. The molecule has 1 heterocycles. The molecule has 0 spiro atoms. The van der Waals surface area contributed by atoms with Crippen molar-refractivity contribution in [3.63, 3.8) is 0 Å². The number of rotatable bonds is 6. The number of aliphatic hydroxyl groups excluding tert-OH is 1. The molecule has 1 amide bonds. The molecule has 0 atom stereocenters. The maximum Gasteiger partial charge on any atom is 0.270 e. The van der Waals surface area contributed by atoms with Crippen molar-refractivity contribution in [1.82, 2.24) is 4.90 Å². The number of nitro benzene ring substituents is 1. The van der Waals surface area contributed by atoms with Crippen LogP contribution in [0.2, 0.25) is 0 Å². The highest BCUT2D eigenvalue weighted by Crippen LogP contribution is 2.30. The molecule has 0 saturated carbocycles. The van der Waals surface area contributed by atoms with Crippen LogP contribution in [0.3, 0.4) is 0 Å². The van der Waals surface area contributed by atoms with Gasteiger partial charge in [0.2, 0.25) is 0 Å². The standard InChI is InChI=1S/C17H25N3O4/c1-3-18(10-11-21)17(22)15-12-14(20(23)24)4-5-16(15)19-8-6-13(2)7-9-19/h4-5,12-13,21H,3,6-11H2,1-2H3. The maximum atomic E-state index is 12.8. The predicted molar refractivity (Wildman–Crippen MR) is 92.4 cm³/mol. The quantitative estimate of drug-likeness (QED) is 0.636. The highest BCUT2D eigenvalue weighted by atomic mass is 16.6.